The summed E-state index contributed by atoms with van der Waals surface area (Å²) >= 11 is 0. The van der Waals surface area contributed by atoms with Crippen molar-refractivity contribution in [3.8, 4) is 0 Å². The third-order valence-electron chi connectivity index (χ3n) is 0.726. The molecule has 0 rings (SSSR count). The van der Waals surface area contributed by atoms with E-state index in [4.69, 9.17) is 0 Å². The Bertz CT molecular complexity index is 98.5. The second-order valence-corrected chi connectivity index (χ2v) is 1.39. The number of nitrogens with zero attached hydrogens (tertiary/aromatic N) is 1. The van der Waals surface area contributed by atoms with Crippen LogP contribution >= 0.6 is 0 Å². The van der Waals surface area contributed by atoms with Gasteiger partial charge in [0.15, 0.2) is 6.04 Å². The van der Waals surface area contributed by atoms with Crippen LogP contribution in [0.3, 0.4) is 0 Å². The Morgan fingerprint density at radius 2 is 1.60 bits per heavy atom. The second kappa shape index (κ2) is 8.42. The van der Waals surface area contributed by atoms with Crippen LogP contribution in [-0.4, -0.2) is 17.3 Å². The van der Waals surface area contributed by atoms with Crippen LogP contribution in [0, 0.1) is 10.1 Å². The Kier molecular flexibility index (Phi) is 14.7. The minimum atomic E-state index is -2.36. The molecule has 0 aromatic carbocycles. The molecule has 5 nitrogen and oxygen atoms in total. The van der Waals surface area contributed by atoms with Gasteiger partial charge in [-0.05, 0) is 0 Å². The molecule has 0 aliphatic heterocycles. The van der Waals surface area contributed by atoms with E-state index in [0.717, 1.165) is 6.92 Å². The molecule has 0 aliphatic rings. The van der Waals surface area contributed by atoms with E-state index in [1.807, 2.05) is 0 Å². The van der Waals surface area contributed by atoms with Crippen LogP contribution < -0.4 is 69.3 Å². The first kappa shape index (κ1) is 17.4. The van der Waals surface area contributed by atoms with Crippen molar-refractivity contribution >= 4 is 0 Å². The van der Waals surface area contributed by atoms with Crippen molar-refractivity contribution in [2.45, 2.75) is 19.3 Å². The third-order valence-corrected chi connectivity index (χ3v) is 0.726. The van der Waals surface area contributed by atoms with E-state index in [9.17, 15) is 20.3 Å². The minimum Gasteiger partial charge on any atom is -0.861 e. The molecule has 0 amide bonds. The second-order valence-electron chi connectivity index (χ2n) is 1.39. The van der Waals surface area contributed by atoms with Crippen molar-refractivity contribution in [2.75, 3.05) is 0 Å². The van der Waals surface area contributed by atoms with Crippen LogP contribution in [0.25, 0.3) is 0 Å². The van der Waals surface area contributed by atoms with Crippen molar-refractivity contribution in [2.24, 2.45) is 0 Å². The number of hydrogen-bond acceptors (Lipinski definition) is 4. The van der Waals surface area contributed by atoms with E-state index < -0.39 is 17.3 Å². The molecule has 0 spiro atoms. The number of rotatable bonds is 2. The molecule has 10 heavy (non-hydrogen) atoms. The first-order valence-electron chi connectivity index (χ1n) is 2.01. The van der Waals surface area contributed by atoms with Crippen molar-refractivity contribution in [1.29, 1.82) is 0 Å². The van der Waals surface area contributed by atoms with E-state index >= 15 is 0 Å². The summed E-state index contributed by atoms with van der Waals surface area (Å²) in [7, 11) is 0. The van der Waals surface area contributed by atoms with Crippen molar-refractivity contribution in [1.82, 2.24) is 0 Å². The fourth-order valence-corrected chi connectivity index (χ4v) is 0.0994. The van der Waals surface area contributed by atoms with Crippen LogP contribution in [-0.2, 0) is 0 Å². The Morgan fingerprint density at radius 1 is 1.30 bits per heavy atom. The smallest absolute Gasteiger partial charge is 0.861 e. The zero-order valence-corrected chi connectivity index (χ0v) is 10.2. The van der Waals surface area contributed by atoms with Gasteiger partial charge in [-0.25, -0.2) is 0 Å². The quantitative estimate of drug-likeness (QED) is 0.176. The molecule has 48 valence electrons. The average molecular weight is 165 g/mol. The van der Waals surface area contributed by atoms with Gasteiger partial charge in [-0.15, -0.1) is 0 Å². The zero-order valence-electron chi connectivity index (χ0n) is 6.23. The molecule has 0 radical (unpaired) electrons. The SMILES string of the molecule is CC(C([O-])[O-])[N+](=O)[O-].[Na+].[Na+]. The summed E-state index contributed by atoms with van der Waals surface area (Å²) in [4.78, 5) is 8.66. The predicted molar refractivity (Wildman–Crippen MR) is 20.2 cm³/mol. The first-order valence-corrected chi connectivity index (χ1v) is 2.01. The van der Waals surface area contributed by atoms with Crippen molar-refractivity contribution in [3.63, 3.8) is 0 Å². The molecule has 0 fully saturated rings. The summed E-state index contributed by atoms with van der Waals surface area (Å²) in [5.74, 6) is 0. The molecule has 0 bridgehead atoms. The molecular formula is C3H5NNa2O4. The molecule has 1 unspecified atom stereocenters. The summed E-state index contributed by atoms with van der Waals surface area (Å²) in [5.41, 5.74) is 0. The molecule has 7 heteroatoms. The van der Waals surface area contributed by atoms with Gasteiger partial charge < -0.3 is 10.2 Å². The van der Waals surface area contributed by atoms with Gasteiger partial charge in [-0.2, -0.15) is 6.29 Å². The average Bonchev–Trinajstić information content (AvgIpc) is 1.64. The van der Waals surface area contributed by atoms with Crippen molar-refractivity contribution < 1.29 is 74.3 Å². The van der Waals surface area contributed by atoms with E-state index in [1.54, 1.807) is 0 Å². The number of hydrogen-bond donors (Lipinski definition) is 0. The van der Waals surface area contributed by atoms with E-state index in [0.29, 0.717) is 0 Å². The summed E-state index contributed by atoms with van der Waals surface area (Å²) < 4.78 is 0. The van der Waals surface area contributed by atoms with Gasteiger partial charge in [-0.3, -0.25) is 10.1 Å². The third kappa shape index (κ3) is 7.43. The topological polar surface area (TPSA) is 89.3 Å². The van der Waals surface area contributed by atoms with Gasteiger partial charge >= 0.3 is 59.1 Å². The van der Waals surface area contributed by atoms with Gasteiger partial charge in [0, 0.05) is 11.8 Å². The van der Waals surface area contributed by atoms with Gasteiger partial charge in [0.05, 0.1) is 0 Å². The summed E-state index contributed by atoms with van der Waals surface area (Å²) in [6.07, 6.45) is -2.36. The maximum Gasteiger partial charge on any atom is 1.00 e. The molecule has 0 aromatic rings. The molecule has 0 heterocycles. The minimum absolute atomic E-state index is 0. The maximum absolute atomic E-state index is 9.67. The van der Waals surface area contributed by atoms with Crippen LogP contribution in [0.2, 0.25) is 0 Å². The van der Waals surface area contributed by atoms with Gasteiger partial charge in [0.25, 0.3) is 0 Å². The van der Waals surface area contributed by atoms with Crippen molar-refractivity contribution in [3.05, 3.63) is 10.1 Å². The van der Waals surface area contributed by atoms with E-state index in [-0.39, 0.29) is 59.1 Å². The molecular weight excluding hydrogens is 160 g/mol. The maximum atomic E-state index is 9.67. The Labute approximate surface area is 103 Å². The summed E-state index contributed by atoms with van der Waals surface area (Å²) in [5, 5.41) is 28.9. The molecule has 1 atom stereocenters. The van der Waals surface area contributed by atoms with Crippen LogP contribution in [0.15, 0.2) is 0 Å². The van der Waals surface area contributed by atoms with Crippen LogP contribution in [0.5, 0.6) is 0 Å². The molecule has 0 saturated carbocycles. The molecule has 0 aliphatic carbocycles. The first-order chi connectivity index (χ1) is 3.55. The zero-order chi connectivity index (χ0) is 6.73. The van der Waals surface area contributed by atoms with Gasteiger partial charge in [0.2, 0.25) is 0 Å². The molecule has 0 N–H and O–H groups in total. The summed E-state index contributed by atoms with van der Waals surface area (Å²) in [6.45, 7) is 0.991. The monoisotopic (exact) mass is 165 g/mol. The largest absolute Gasteiger partial charge is 1.00 e. The van der Waals surface area contributed by atoms with Crippen LogP contribution in [0.4, 0.5) is 0 Å². The van der Waals surface area contributed by atoms with E-state index in [1.165, 1.54) is 0 Å². The molecule has 0 saturated heterocycles. The van der Waals surface area contributed by atoms with Gasteiger partial charge in [0.1, 0.15) is 0 Å². The fraction of sp³-hybridized carbons (Fsp3) is 1.00. The predicted octanol–water partition coefficient (Wildman–Crippen LogP) is -8.29. The van der Waals surface area contributed by atoms with Crippen LogP contribution in [0.1, 0.15) is 6.92 Å². The Morgan fingerprint density at radius 3 is 1.60 bits per heavy atom. The Balaban J connectivity index is -0.000000245. The number of nitro groups is 1. The van der Waals surface area contributed by atoms with E-state index in [2.05, 4.69) is 0 Å². The summed E-state index contributed by atoms with van der Waals surface area (Å²) in [6, 6.07) is -1.52. The van der Waals surface area contributed by atoms with Gasteiger partial charge in [-0.1, -0.05) is 0 Å². The standard InChI is InChI=1S/C3H5NO4.2Na/c1-2(3(5)6)4(7)8;;/h2-3H,1H3;;/q-2;2*+1. The Hall–Kier alpha value is 1.32. The molecule has 0 aromatic heterocycles. The normalized spacial score (nSPS) is 11.2. The fourth-order valence-electron chi connectivity index (χ4n) is 0.0994.